The van der Waals surface area contributed by atoms with E-state index in [1.165, 1.54) is 6.08 Å². The fraction of sp³-hybridized carbons (Fsp3) is 0.286. The van der Waals surface area contributed by atoms with Crippen molar-refractivity contribution in [1.82, 2.24) is 5.32 Å². The SMILES string of the molecule is CC(=CC(=O)NCCCC(=O)O)c1ccccc1. The summed E-state index contributed by atoms with van der Waals surface area (Å²) in [5.41, 5.74) is 1.88. The summed E-state index contributed by atoms with van der Waals surface area (Å²) < 4.78 is 0. The highest BCUT2D eigenvalue weighted by Gasteiger charge is 2.01. The first-order valence-electron chi connectivity index (χ1n) is 5.83. The molecule has 1 amide bonds. The minimum atomic E-state index is -0.847. The molecule has 0 atom stereocenters. The van der Waals surface area contributed by atoms with Crippen LogP contribution in [0, 0.1) is 0 Å². The topological polar surface area (TPSA) is 66.4 Å². The molecule has 0 aliphatic carbocycles. The van der Waals surface area contributed by atoms with Crippen molar-refractivity contribution < 1.29 is 14.7 Å². The lowest BCUT2D eigenvalue weighted by Gasteiger charge is -2.03. The van der Waals surface area contributed by atoms with Crippen molar-refractivity contribution >= 4 is 17.4 Å². The number of rotatable bonds is 6. The third kappa shape index (κ3) is 5.30. The Kier molecular flexibility index (Phi) is 5.64. The third-order valence-corrected chi connectivity index (χ3v) is 2.44. The summed E-state index contributed by atoms with van der Waals surface area (Å²) in [5, 5.41) is 11.1. The summed E-state index contributed by atoms with van der Waals surface area (Å²) in [6.45, 7) is 2.25. The Morgan fingerprint density at radius 1 is 1.28 bits per heavy atom. The summed E-state index contributed by atoms with van der Waals surface area (Å²) in [5.74, 6) is -1.04. The quantitative estimate of drug-likeness (QED) is 0.597. The number of hydrogen-bond donors (Lipinski definition) is 2. The monoisotopic (exact) mass is 247 g/mol. The largest absolute Gasteiger partial charge is 0.481 e. The summed E-state index contributed by atoms with van der Waals surface area (Å²) in [6.07, 6.45) is 2.04. The number of hydrogen-bond acceptors (Lipinski definition) is 2. The van der Waals surface area contributed by atoms with Crippen molar-refractivity contribution in [3.05, 3.63) is 42.0 Å². The van der Waals surface area contributed by atoms with Crippen molar-refractivity contribution in [2.75, 3.05) is 6.54 Å². The molecule has 0 heterocycles. The fourth-order valence-electron chi connectivity index (χ4n) is 1.48. The normalized spacial score (nSPS) is 11.1. The Labute approximate surface area is 106 Å². The van der Waals surface area contributed by atoms with Gasteiger partial charge in [0.15, 0.2) is 0 Å². The Morgan fingerprint density at radius 3 is 2.56 bits per heavy atom. The van der Waals surface area contributed by atoms with E-state index < -0.39 is 5.97 Å². The first kappa shape index (κ1) is 14.0. The molecule has 0 bridgehead atoms. The second-order valence-electron chi connectivity index (χ2n) is 3.98. The number of nitrogens with one attached hydrogen (secondary N) is 1. The van der Waals surface area contributed by atoms with Crippen LogP contribution < -0.4 is 5.32 Å². The molecule has 96 valence electrons. The summed E-state index contributed by atoms with van der Waals surface area (Å²) >= 11 is 0. The molecule has 0 aromatic heterocycles. The number of carbonyl (C=O) groups excluding carboxylic acids is 1. The van der Waals surface area contributed by atoms with E-state index in [0.29, 0.717) is 13.0 Å². The molecular formula is C14H17NO3. The zero-order valence-corrected chi connectivity index (χ0v) is 10.3. The molecule has 0 saturated carbocycles. The maximum atomic E-state index is 11.5. The van der Waals surface area contributed by atoms with Gasteiger partial charge in [-0.1, -0.05) is 30.3 Å². The number of amides is 1. The zero-order chi connectivity index (χ0) is 13.4. The lowest BCUT2D eigenvalue weighted by atomic mass is 10.1. The molecule has 0 saturated heterocycles. The van der Waals surface area contributed by atoms with Crippen LogP contribution in [-0.2, 0) is 9.59 Å². The standard InChI is InChI=1S/C14H17NO3/c1-11(12-6-3-2-4-7-12)10-13(16)15-9-5-8-14(17)18/h2-4,6-7,10H,5,8-9H2,1H3,(H,15,16)(H,17,18). The van der Waals surface area contributed by atoms with E-state index in [2.05, 4.69) is 5.32 Å². The molecule has 4 nitrogen and oxygen atoms in total. The van der Waals surface area contributed by atoms with Crippen molar-refractivity contribution in [2.24, 2.45) is 0 Å². The molecule has 0 spiro atoms. The van der Waals surface area contributed by atoms with Gasteiger partial charge in [-0.25, -0.2) is 0 Å². The average molecular weight is 247 g/mol. The predicted molar refractivity (Wildman–Crippen MR) is 70.0 cm³/mol. The highest BCUT2D eigenvalue weighted by atomic mass is 16.4. The highest BCUT2D eigenvalue weighted by molar-refractivity contribution is 5.94. The Hall–Kier alpha value is -2.10. The summed E-state index contributed by atoms with van der Waals surface area (Å²) in [4.78, 5) is 21.8. The molecular weight excluding hydrogens is 230 g/mol. The second kappa shape index (κ2) is 7.27. The number of benzene rings is 1. The smallest absolute Gasteiger partial charge is 0.303 e. The van der Waals surface area contributed by atoms with Crippen LogP contribution in [0.25, 0.3) is 5.57 Å². The maximum Gasteiger partial charge on any atom is 0.303 e. The van der Waals surface area contributed by atoms with Gasteiger partial charge in [-0.15, -0.1) is 0 Å². The fourth-order valence-corrected chi connectivity index (χ4v) is 1.48. The lowest BCUT2D eigenvalue weighted by molar-refractivity contribution is -0.137. The average Bonchev–Trinajstić information content (AvgIpc) is 2.35. The lowest BCUT2D eigenvalue weighted by Crippen LogP contribution is -2.22. The Morgan fingerprint density at radius 2 is 1.94 bits per heavy atom. The number of carboxylic acids is 1. The van der Waals surface area contributed by atoms with Crippen LogP contribution in [0.4, 0.5) is 0 Å². The first-order chi connectivity index (χ1) is 8.59. The number of allylic oxidation sites excluding steroid dienone is 1. The molecule has 0 aliphatic rings. The molecule has 2 N–H and O–H groups in total. The van der Waals surface area contributed by atoms with Crippen LogP contribution in [0.15, 0.2) is 36.4 Å². The van der Waals surface area contributed by atoms with Gasteiger partial charge in [0.05, 0.1) is 0 Å². The highest BCUT2D eigenvalue weighted by Crippen LogP contribution is 2.11. The van der Waals surface area contributed by atoms with Crippen molar-refractivity contribution in [2.45, 2.75) is 19.8 Å². The molecule has 0 unspecified atom stereocenters. The van der Waals surface area contributed by atoms with Gasteiger partial charge in [-0.2, -0.15) is 0 Å². The predicted octanol–water partition coefficient (Wildman–Crippen LogP) is 2.07. The van der Waals surface area contributed by atoms with Crippen molar-refractivity contribution in [3.63, 3.8) is 0 Å². The number of carboxylic acid groups (broad SMARTS) is 1. The minimum Gasteiger partial charge on any atom is -0.481 e. The van der Waals surface area contributed by atoms with Gasteiger partial charge in [0.2, 0.25) is 5.91 Å². The molecule has 0 radical (unpaired) electrons. The molecule has 1 aromatic rings. The maximum absolute atomic E-state index is 11.5. The van der Waals surface area contributed by atoms with E-state index in [9.17, 15) is 9.59 Å². The molecule has 1 aromatic carbocycles. The molecule has 0 fully saturated rings. The van der Waals surface area contributed by atoms with Crippen LogP contribution in [0.1, 0.15) is 25.3 Å². The van der Waals surface area contributed by atoms with E-state index >= 15 is 0 Å². The van der Waals surface area contributed by atoms with Crippen LogP contribution in [0.2, 0.25) is 0 Å². The number of carbonyl (C=O) groups is 2. The van der Waals surface area contributed by atoms with Gasteiger partial charge in [0, 0.05) is 19.0 Å². The van der Waals surface area contributed by atoms with E-state index in [4.69, 9.17) is 5.11 Å². The summed E-state index contributed by atoms with van der Waals surface area (Å²) in [6, 6.07) is 9.62. The van der Waals surface area contributed by atoms with Crippen LogP contribution in [-0.4, -0.2) is 23.5 Å². The van der Waals surface area contributed by atoms with Crippen LogP contribution in [0.3, 0.4) is 0 Å². The second-order valence-corrected chi connectivity index (χ2v) is 3.98. The van der Waals surface area contributed by atoms with Crippen LogP contribution >= 0.6 is 0 Å². The molecule has 1 rings (SSSR count). The number of aliphatic carboxylic acids is 1. The Bertz CT molecular complexity index is 438. The molecule has 4 heteroatoms. The molecule has 18 heavy (non-hydrogen) atoms. The summed E-state index contributed by atoms with van der Waals surface area (Å²) in [7, 11) is 0. The van der Waals surface area contributed by atoms with E-state index in [1.807, 2.05) is 37.3 Å². The van der Waals surface area contributed by atoms with Gasteiger partial charge in [0.1, 0.15) is 0 Å². The van der Waals surface area contributed by atoms with E-state index in [1.54, 1.807) is 0 Å². The first-order valence-corrected chi connectivity index (χ1v) is 5.83. The van der Waals surface area contributed by atoms with Crippen molar-refractivity contribution in [3.8, 4) is 0 Å². The Balaban J connectivity index is 2.41. The van der Waals surface area contributed by atoms with Crippen molar-refractivity contribution in [1.29, 1.82) is 0 Å². The van der Waals surface area contributed by atoms with E-state index in [0.717, 1.165) is 11.1 Å². The minimum absolute atomic E-state index is 0.0711. The molecule has 0 aliphatic heterocycles. The van der Waals surface area contributed by atoms with Crippen LogP contribution in [0.5, 0.6) is 0 Å². The van der Waals surface area contributed by atoms with E-state index in [-0.39, 0.29) is 12.3 Å². The third-order valence-electron chi connectivity index (χ3n) is 2.44. The van der Waals surface area contributed by atoms with Gasteiger partial charge in [-0.05, 0) is 24.5 Å². The van der Waals surface area contributed by atoms with Gasteiger partial charge in [-0.3, -0.25) is 9.59 Å². The van der Waals surface area contributed by atoms with Gasteiger partial charge in [0.25, 0.3) is 0 Å². The van der Waals surface area contributed by atoms with Gasteiger partial charge < -0.3 is 10.4 Å². The zero-order valence-electron chi connectivity index (χ0n) is 10.3. The van der Waals surface area contributed by atoms with Gasteiger partial charge >= 0.3 is 5.97 Å².